The van der Waals surface area contributed by atoms with Crippen LogP contribution in [0.5, 0.6) is 0 Å². The van der Waals surface area contributed by atoms with Gasteiger partial charge < -0.3 is 21.3 Å². The monoisotopic (exact) mass is 376 g/mol. The molecule has 0 rings (SSSR count). The Morgan fingerprint density at radius 2 is 0.652 bits per heavy atom. The van der Waals surface area contributed by atoms with Gasteiger partial charge in [0, 0.05) is 19.5 Å². The van der Waals surface area contributed by atoms with Gasteiger partial charge in [0.2, 0.25) is 0 Å². The van der Waals surface area contributed by atoms with Crippen LogP contribution in [0.4, 0.5) is 0 Å². The Hall–Kier alpha value is 0.463. The maximum Gasteiger partial charge on any atom is 0 e. The summed E-state index contributed by atoms with van der Waals surface area (Å²) in [6, 6.07) is 1.91. The average molecular weight is 378 g/mol. The second-order valence-corrected chi connectivity index (χ2v) is 5.86. The van der Waals surface area contributed by atoms with E-state index in [1.165, 1.54) is 0 Å². The first kappa shape index (κ1) is 28.3. The van der Waals surface area contributed by atoms with Gasteiger partial charge in [0.05, 0.1) is 0 Å². The SMILES string of the molecule is CC[N-]C(C)CC(C)[N-]CC.CC[N-]C(C)CC(C)[N-]CC.[Zn]. The van der Waals surface area contributed by atoms with Crippen LogP contribution in [0, 0.1) is 0 Å². The summed E-state index contributed by atoms with van der Waals surface area (Å²) in [5, 5.41) is 17.5. The Kier molecular flexibility index (Phi) is 25.2. The van der Waals surface area contributed by atoms with E-state index in [0.29, 0.717) is 24.2 Å². The Bertz CT molecular complexity index is 175. The van der Waals surface area contributed by atoms with E-state index in [9.17, 15) is 0 Å². The summed E-state index contributed by atoms with van der Waals surface area (Å²) in [5.74, 6) is 0. The molecule has 0 aromatic carbocycles. The Morgan fingerprint density at radius 3 is 0.783 bits per heavy atom. The first-order valence-electron chi connectivity index (χ1n) is 9.07. The molecule has 4 atom stereocenters. The third-order valence-electron chi connectivity index (χ3n) is 3.34. The number of hydrogen-bond donors (Lipinski definition) is 0. The topological polar surface area (TPSA) is 56.4 Å². The van der Waals surface area contributed by atoms with Crippen molar-refractivity contribution < 1.29 is 19.5 Å². The van der Waals surface area contributed by atoms with E-state index in [-0.39, 0.29) is 19.5 Å². The molecule has 0 radical (unpaired) electrons. The van der Waals surface area contributed by atoms with Crippen molar-refractivity contribution in [1.82, 2.24) is 0 Å². The van der Waals surface area contributed by atoms with Crippen LogP contribution in [-0.2, 0) is 19.5 Å². The molecular formula is C18H40N4Zn-4. The molecule has 5 heteroatoms. The zero-order valence-corrected chi connectivity index (χ0v) is 20.0. The summed E-state index contributed by atoms with van der Waals surface area (Å²) in [7, 11) is 0. The van der Waals surface area contributed by atoms with Gasteiger partial charge in [-0.05, 0) is 0 Å². The molecular weight excluding hydrogens is 338 g/mol. The molecule has 0 spiro atoms. The fourth-order valence-corrected chi connectivity index (χ4v) is 2.53. The summed E-state index contributed by atoms with van der Waals surface area (Å²) in [6.07, 6.45) is 2.20. The summed E-state index contributed by atoms with van der Waals surface area (Å²) in [6.45, 7) is 20.7. The van der Waals surface area contributed by atoms with Crippen LogP contribution in [0.25, 0.3) is 21.3 Å². The van der Waals surface area contributed by atoms with E-state index in [2.05, 4.69) is 76.7 Å². The predicted molar refractivity (Wildman–Crippen MR) is 103 cm³/mol. The summed E-state index contributed by atoms with van der Waals surface area (Å²) < 4.78 is 0. The molecule has 0 amide bonds. The molecule has 0 aliphatic heterocycles. The third-order valence-corrected chi connectivity index (χ3v) is 3.34. The van der Waals surface area contributed by atoms with E-state index in [1.807, 2.05) is 0 Å². The van der Waals surface area contributed by atoms with Crippen LogP contribution in [0.15, 0.2) is 0 Å². The molecule has 4 unspecified atom stereocenters. The molecule has 0 fully saturated rings. The second kappa shape index (κ2) is 20.5. The van der Waals surface area contributed by atoms with E-state index >= 15 is 0 Å². The molecule has 0 aliphatic rings. The summed E-state index contributed by atoms with van der Waals surface area (Å²) in [4.78, 5) is 0. The van der Waals surface area contributed by atoms with Crippen molar-refractivity contribution in [3.8, 4) is 0 Å². The van der Waals surface area contributed by atoms with Crippen LogP contribution < -0.4 is 0 Å². The number of hydrogen-bond acceptors (Lipinski definition) is 0. The Labute approximate surface area is 159 Å². The predicted octanol–water partition coefficient (Wildman–Crippen LogP) is 5.88. The first-order valence-corrected chi connectivity index (χ1v) is 9.07. The van der Waals surface area contributed by atoms with Crippen molar-refractivity contribution in [2.45, 2.75) is 92.4 Å². The Balaban J connectivity index is -0.000000333. The van der Waals surface area contributed by atoms with Gasteiger partial charge in [0.1, 0.15) is 0 Å². The maximum atomic E-state index is 4.39. The van der Waals surface area contributed by atoms with Gasteiger partial charge in [-0.2, -0.15) is 26.2 Å². The van der Waals surface area contributed by atoms with Gasteiger partial charge in [0.25, 0.3) is 0 Å². The van der Waals surface area contributed by atoms with Gasteiger partial charge in [-0.15, -0.1) is 24.2 Å². The van der Waals surface area contributed by atoms with Gasteiger partial charge >= 0.3 is 0 Å². The van der Waals surface area contributed by atoms with Gasteiger partial charge in [-0.3, -0.25) is 0 Å². The molecule has 0 saturated carbocycles. The molecule has 0 N–H and O–H groups in total. The largest absolute Gasteiger partial charge is 0.660 e. The van der Waals surface area contributed by atoms with Crippen molar-refractivity contribution >= 4 is 0 Å². The molecule has 0 aliphatic carbocycles. The normalized spacial score (nSPS) is 15.7. The van der Waals surface area contributed by atoms with Crippen LogP contribution in [0.2, 0.25) is 0 Å². The fraction of sp³-hybridized carbons (Fsp3) is 1.00. The minimum atomic E-state index is 0. The number of nitrogens with zero attached hydrogens (tertiary/aromatic N) is 4. The second-order valence-electron chi connectivity index (χ2n) is 5.86. The maximum absolute atomic E-state index is 4.39. The fourth-order valence-electron chi connectivity index (χ4n) is 2.53. The van der Waals surface area contributed by atoms with Crippen molar-refractivity contribution in [2.75, 3.05) is 26.2 Å². The van der Waals surface area contributed by atoms with E-state index < -0.39 is 0 Å². The van der Waals surface area contributed by atoms with Crippen LogP contribution >= 0.6 is 0 Å². The third kappa shape index (κ3) is 22.5. The molecule has 4 nitrogen and oxygen atoms in total. The molecule has 0 aromatic heterocycles. The molecule has 0 bridgehead atoms. The van der Waals surface area contributed by atoms with Gasteiger partial charge in [0.15, 0.2) is 0 Å². The summed E-state index contributed by atoms with van der Waals surface area (Å²) in [5.41, 5.74) is 0. The summed E-state index contributed by atoms with van der Waals surface area (Å²) >= 11 is 0. The van der Waals surface area contributed by atoms with Crippen LogP contribution in [0.3, 0.4) is 0 Å². The van der Waals surface area contributed by atoms with Crippen LogP contribution in [0.1, 0.15) is 68.2 Å². The number of rotatable bonds is 12. The zero-order chi connectivity index (χ0) is 17.4. The molecule has 0 heterocycles. The molecule has 0 saturated heterocycles. The quantitative estimate of drug-likeness (QED) is 0.381. The Morgan fingerprint density at radius 1 is 0.478 bits per heavy atom. The van der Waals surface area contributed by atoms with Crippen molar-refractivity contribution in [2.24, 2.45) is 0 Å². The van der Waals surface area contributed by atoms with E-state index in [0.717, 1.165) is 39.0 Å². The van der Waals surface area contributed by atoms with Crippen LogP contribution in [-0.4, -0.2) is 50.3 Å². The molecule has 138 valence electrons. The van der Waals surface area contributed by atoms with E-state index in [4.69, 9.17) is 0 Å². The smallest absolute Gasteiger partial charge is 0 e. The minimum absolute atomic E-state index is 0. The first-order chi connectivity index (χ1) is 10.4. The molecule has 23 heavy (non-hydrogen) atoms. The van der Waals surface area contributed by atoms with Gasteiger partial charge in [-0.1, -0.05) is 68.2 Å². The standard InChI is InChI=1S/2C9H20N2.Zn/c2*1-5-10-8(3)7-9(4)11-6-2;/h2*8-9H,5-7H2,1-4H3;/q2*-2;. The zero-order valence-electron chi connectivity index (χ0n) is 17.0. The average Bonchev–Trinajstić information content (AvgIpc) is 2.40. The van der Waals surface area contributed by atoms with E-state index in [1.54, 1.807) is 0 Å². The van der Waals surface area contributed by atoms with Crippen molar-refractivity contribution in [1.29, 1.82) is 0 Å². The van der Waals surface area contributed by atoms with Crippen molar-refractivity contribution in [3.05, 3.63) is 21.3 Å². The molecule has 0 aromatic rings. The van der Waals surface area contributed by atoms with Gasteiger partial charge in [-0.25, -0.2) is 0 Å². The van der Waals surface area contributed by atoms with Crippen molar-refractivity contribution in [3.63, 3.8) is 0 Å². The minimum Gasteiger partial charge on any atom is -0.660 e.